The van der Waals surface area contributed by atoms with E-state index >= 15 is 0 Å². The van der Waals surface area contributed by atoms with Gasteiger partial charge in [0.15, 0.2) is 11.9 Å². The van der Waals surface area contributed by atoms with Gasteiger partial charge in [-0.1, -0.05) is 0 Å². The minimum Gasteiger partial charge on any atom is -0.508 e. The normalized spacial score (nSPS) is 11.6. The average Bonchev–Trinajstić information content (AvgIpc) is 2.54. The summed E-state index contributed by atoms with van der Waals surface area (Å²) in [6.45, 7) is 1.37. The Hall–Kier alpha value is -3.02. The van der Waals surface area contributed by atoms with Crippen molar-refractivity contribution in [1.82, 2.24) is 0 Å². The van der Waals surface area contributed by atoms with Crippen molar-refractivity contribution in [3.8, 4) is 17.2 Å². The molecule has 0 aliphatic rings. The summed E-state index contributed by atoms with van der Waals surface area (Å²) in [5.74, 6) is -0.875. The predicted molar refractivity (Wildman–Crippen MR) is 82.3 cm³/mol. The van der Waals surface area contributed by atoms with Crippen molar-refractivity contribution in [3.63, 3.8) is 0 Å². The van der Waals surface area contributed by atoms with Crippen molar-refractivity contribution in [3.05, 3.63) is 53.6 Å². The Morgan fingerprint density at radius 2 is 1.74 bits per heavy atom. The third kappa shape index (κ3) is 3.79. The Morgan fingerprint density at radius 1 is 1.09 bits per heavy atom. The van der Waals surface area contributed by atoms with Crippen LogP contribution in [-0.4, -0.2) is 35.2 Å². The second kappa shape index (κ2) is 6.83. The standard InChI is InChI=1S/C17H16O6/c1-10(17(20)21)23-15-9-13(22-2)7-8-14(15)16(19)11-3-5-12(18)6-4-11/h3-10,18H,1-2H3,(H,20,21)/t10-/m1/s1. The van der Waals surface area contributed by atoms with Crippen molar-refractivity contribution >= 4 is 11.8 Å². The molecule has 120 valence electrons. The fourth-order valence-electron chi connectivity index (χ4n) is 1.92. The molecule has 0 spiro atoms. The number of phenols is 1. The molecule has 0 saturated heterocycles. The number of phenolic OH excluding ortho intramolecular Hbond substituents is 1. The van der Waals surface area contributed by atoms with Gasteiger partial charge in [-0.15, -0.1) is 0 Å². The third-order valence-electron chi connectivity index (χ3n) is 3.21. The molecule has 0 saturated carbocycles. The highest BCUT2D eigenvalue weighted by atomic mass is 16.5. The summed E-state index contributed by atoms with van der Waals surface area (Å²) in [5, 5.41) is 18.3. The number of ketones is 1. The van der Waals surface area contributed by atoms with Crippen LogP contribution in [0, 0.1) is 0 Å². The molecule has 6 nitrogen and oxygen atoms in total. The quantitative estimate of drug-likeness (QED) is 0.795. The lowest BCUT2D eigenvalue weighted by atomic mass is 10.0. The van der Waals surface area contributed by atoms with E-state index < -0.39 is 12.1 Å². The van der Waals surface area contributed by atoms with Gasteiger partial charge in [0.1, 0.15) is 17.2 Å². The Balaban J connectivity index is 2.41. The van der Waals surface area contributed by atoms with E-state index in [9.17, 15) is 14.7 Å². The van der Waals surface area contributed by atoms with Gasteiger partial charge in [0.2, 0.25) is 0 Å². The lowest BCUT2D eigenvalue weighted by Crippen LogP contribution is -2.24. The zero-order valence-electron chi connectivity index (χ0n) is 12.6. The fraction of sp³-hybridized carbons (Fsp3) is 0.176. The zero-order valence-corrected chi connectivity index (χ0v) is 12.6. The van der Waals surface area contributed by atoms with Crippen LogP contribution in [0.15, 0.2) is 42.5 Å². The van der Waals surface area contributed by atoms with Crippen LogP contribution in [0.1, 0.15) is 22.8 Å². The maximum absolute atomic E-state index is 12.6. The molecule has 2 aromatic rings. The summed E-state index contributed by atoms with van der Waals surface area (Å²) in [4.78, 5) is 23.6. The number of aromatic hydroxyl groups is 1. The molecule has 2 rings (SSSR count). The smallest absolute Gasteiger partial charge is 0.344 e. The molecule has 0 aliphatic carbocycles. The fourth-order valence-corrected chi connectivity index (χ4v) is 1.92. The summed E-state index contributed by atoms with van der Waals surface area (Å²) >= 11 is 0. The molecule has 0 heterocycles. The number of carbonyl (C=O) groups excluding carboxylic acids is 1. The van der Waals surface area contributed by atoms with Crippen molar-refractivity contribution in [2.75, 3.05) is 7.11 Å². The molecule has 23 heavy (non-hydrogen) atoms. The minimum absolute atomic E-state index is 0.0484. The summed E-state index contributed by atoms with van der Waals surface area (Å²) in [7, 11) is 1.46. The van der Waals surface area contributed by atoms with E-state index in [4.69, 9.17) is 14.6 Å². The zero-order chi connectivity index (χ0) is 17.0. The maximum Gasteiger partial charge on any atom is 0.344 e. The molecule has 0 radical (unpaired) electrons. The Labute approximate surface area is 132 Å². The number of hydrogen-bond acceptors (Lipinski definition) is 5. The topological polar surface area (TPSA) is 93.1 Å². The first kappa shape index (κ1) is 16.4. The first-order valence-electron chi connectivity index (χ1n) is 6.83. The molecule has 0 unspecified atom stereocenters. The van der Waals surface area contributed by atoms with Gasteiger partial charge >= 0.3 is 5.97 Å². The van der Waals surface area contributed by atoms with Gasteiger partial charge in [-0.25, -0.2) is 4.79 Å². The Morgan fingerprint density at radius 3 is 2.30 bits per heavy atom. The van der Waals surface area contributed by atoms with E-state index in [0.29, 0.717) is 11.3 Å². The van der Waals surface area contributed by atoms with E-state index in [1.54, 1.807) is 6.07 Å². The van der Waals surface area contributed by atoms with Gasteiger partial charge in [-0.2, -0.15) is 0 Å². The minimum atomic E-state index is -1.14. The maximum atomic E-state index is 12.6. The van der Waals surface area contributed by atoms with E-state index in [1.165, 1.54) is 50.4 Å². The van der Waals surface area contributed by atoms with Gasteiger partial charge in [-0.3, -0.25) is 4.79 Å². The molecule has 2 N–H and O–H groups in total. The lowest BCUT2D eigenvalue weighted by Gasteiger charge is -2.15. The van der Waals surface area contributed by atoms with E-state index in [0.717, 1.165) is 0 Å². The van der Waals surface area contributed by atoms with E-state index in [1.807, 2.05) is 0 Å². The first-order valence-corrected chi connectivity index (χ1v) is 6.83. The SMILES string of the molecule is COc1ccc(C(=O)c2ccc(O)cc2)c(O[C@H](C)C(=O)O)c1. The molecule has 6 heteroatoms. The highest BCUT2D eigenvalue weighted by Crippen LogP contribution is 2.28. The number of rotatable bonds is 6. The number of hydrogen-bond donors (Lipinski definition) is 2. The second-order valence-electron chi connectivity index (χ2n) is 4.84. The molecule has 2 aromatic carbocycles. The summed E-state index contributed by atoms with van der Waals surface area (Å²) < 4.78 is 10.4. The number of carboxylic acids is 1. The molecule has 0 amide bonds. The van der Waals surface area contributed by atoms with Gasteiger partial charge in [0.25, 0.3) is 0 Å². The molecule has 0 bridgehead atoms. The highest BCUT2D eigenvalue weighted by molar-refractivity contribution is 6.10. The molecule has 0 aliphatic heterocycles. The largest absolute Gasteiger partial charge is 0.508 e. The van der Waals surface area contributed by atoms with Crippen LogP contribution in [0.4, 0.5) is 0 Å². The van der Waals surface area contributed by atoms with Crippen molar-refractivity contribution in [1.29, 1.82) is 0 Å². The van der Waals surface area contributed by atoms with Crippen molar-refractivity contribution in [2.45, 2.75) is 13.0 Å². The second-order valence-corrected chi connectivity index (χ2v) is 4.84. The number of benzene rings is 2. The van der Waals surface area contributed by atoms with Crippen molar-refractivity contribution in [2.24, 2.45) is 0 Å². The van der Waals surface area contributed by atoms with Gasteiger partial charge in [0, 0.05) is 11.6 Å². The summed E-state index contributed by atoms with van der Waals surface area (Å²) in [6, 6.07) is 10.3. The van der Waals surface area contributed by atoms with Crippen LogP contribution in [0.2, 0.25) is 0 Å². The number of ether oxygens (including phenoxy) is 2. The summed E-state index contributed by atoms with van der Waals surface area (Å²) in [6.07, 6.45) is -1.12. The molecule has 0 fully saturated rings. The molecule has 1 atom stereocenters. The number of methoxy groups -OCH3 is 1. The van der Waals surface area contributed by atoms with Crippen molar-refractivity contribution < 1.29 is 29.3 Å². The predicted octanol–water partition coefficient (Wildman–Crippen LogP) is 2.48. The highest BCUT2D eigenvalue weighted by Gasteiger charge is 2.20. The van der Waals surface area contributed by atoms with Crippen LogP contribution in [0.5, 0.6) is 17.2 Å². The van der Waals surface area contributed by atoms with Gasteiger partial charge in [-0.05, 0) is 43.3 Å². The average molecular weight is 316 g/mol. The molecular formula is C17H16O6. The first-order chi connectivity index (χ1) is 10.9. The van der Waals surface area contributed by atoms with Crippen LogP contribution in [0.3, 0.4) is 0 Å². The monoisotopic (exact) mass is 316 g/mol. The van der Waals surface area contributed by atoms with Gasteiger partial charge in [0.05, 0.1) is 12.7 Å². The molecule has 0 aromatic heterocycles. The van der Waals surface area contributed by atoms with Gasteiger partial charge < -0.3 is 19.7 Å². The Bertz CT molecular complexity index is 720. The number of aliphatic carboxylic acids is 1. The van der Waals surface area contributed by atoms with Crippen LogP contribution in [-0.2, 0) is 4.79 Å². The van der Waals surface area contributed by atoms with Crippen LogP contribution < -0.4 is 9.47 Å². The Kier molecular flexibility index (Phi) is 4.85. The van der Waals surface area contributed by atoms with E-state index in [2.05, 4.69) is 0 Å². The number of carbonyl (C=O) groups is 2. The van der Waals surface area contributed by atoms with E-state index in [-0.39, 0.29) is 22.8 Å². The lowest BCUT2D eigenvalue weighted by molar-refractivity contribution is -0.144. The summed E-state index contributed by atoms with van der Waals surface area (Å²) in [5.41, 5.74) is 0.561. The molecular weight excluding hydrogens is 300 g/mol. The third-order valence-corrected chi connectivity index (χ3v) is 3.21. The van der Waals surface area contributed by atoms with Crippen LogP contribution >= 0.6 is 0 Å². The number of carboxylic acid groups (broad SMARTS) is 1. The van der Waals surface area contributed by atoms with Crippen LogP contribution in [0.25, 0.3) is 0 Å².